The number of pyridine rings is 1. The van der Waals surface area contributed by atoms with Crippen molar-refractivity contribution in [2.24, 2.45) is 5.16 Å². The van der Waals surface area contributed by atoms with E-state index < -0.39 is 29.2 Å². The minimum atomic E-state index is -1.22. The molecule has 0 aromatic carbocycles. The first-order valence-corrected chi connectivity index (χ1v) is 13.5. The Labute approximate surface area is 224 Å². The molecule has 2 aromatic rings. The second-order valence-electron chi connectivity index (χ2n) is 8.70. The van der Waals surface area contributed by atoms with E-state index in [1.807, 2.05) is 12.2 Å². The van der Waals surface area contributed by atoms with E-state index in [4.69, 9.17) is 10.6 Å². The fraction of sp³-hybridized carbons (Fsp3) is 0.348. The second-order valence-corrected chi connectivity index (χ2v) is 10.6. The summed E-state index contributed by atoms with van der Waals surface area (Å²) in [5.41, 5.74) is 6.65. The van der Waals surface area contributed by atoms with E-state index in [1.54, 1.807) is 29.1 Å². The summed E-state index contributed by atoms with van der Waals surface area (Å²) in [4.78, 5) is 49.1. The third kappa shape index (κ3) is 5.12. The van der Waals surface area contributed by atoms with Gasteiger partial charge >= 0.3 is 5.97 Å². The summed E-state index contributed by atoms with van der Waals surface area (Å²) in [5.74, 6) is -2.17. The minimum absolute atomic E-state index is 0.0236. The highest BCUT2D eigenvalue weighted by Gasteiger charge is 2.55. The number of oxime groups is 1. The molecule has 2 aliphatic heterocycles. The van der Waals surface area contributed by atoms with Crippen LogP contribution < -0.4 is 15.6 Å². The summed E-state index contributed by atoms with van der Waals surface area (Å²) in [5, 5.41) is 25.3. The van der Waals surface area contributed by atoms with Crippen molar-refractivity contribution < 1.29 is 34.0 Å². The van der Waals surface area contributed by atoms with Gasteiger partial charge in [-0.1, -0.05) is 11.2 Å². The molecule has 3 atom stereocenters. The lowest BCUT2D eigenvalue weighted by molar-refractivity contribution is -0.689. The number of carboxylic acids is 1. The Balaban J connectivity index is 1.33. The number of carboxylic acid groups (broad SMARTS) is 1. The molecule has 0 radical (unpaired) electrons. The second kappa shape index (κ2) is 10.9. The van der Waals surface area contributed by atoms with Crippen LogP contribution in [-0.4, -0.2) is 71.2 Å². The van der Waals surface area contributed by atoms with Crippen molar-refractivity contribution in [1.29, 1.82) is 0 Å². The monoisotopic (exact) mass is 558 g/mol. The van der Waals surface area contributed by atoms with Crippen molar-refractivity contribution in [2.45, 2.75) is 43.5 Å². The van der Waals surface area contributed by atoms with Gasteiger partial charge in [0, 0.05) is 35.0 Å². The maximum atomic E-state index is 13.2. The van der Waals surface area contributed by atoms with Crippen LogP contribution >= 0.6 is 23.3 Å². The third-order valence-electron chi connectivity index (χ3n) is 6.17. The fourth-order valence-electron chi connectivity index (χ4n) is 4.26. The molecule has 0 bridgehead atoms. The van der Waals surface area contributed by atoms with E-state index in [1.165, 1.54) is 16.7 Å². The van der Waals surface area contributed by atoms with E-state index in [9.17, 15) is 24.6 Å². The van der Waals surface area contributed by atoms with Gasteiger partial charge in [-0.2, -0.15) is 9.36 Å². The van der Waals surface area contributed by atoms with Gasteiger partial charge in [-0.25, -0.2) is 9.36 Å². The number of anilines is 1. The number of allylic oxidation sites excluding steroid dienone is 1. The third-order valence-corrected chi connectivity index (χ3v) is 8.05. The number of nitrogens with two attached hydrogens (primary N) is 1. The Morgan fingerprint density at radius 1 is 1.34 bits per heavy atom. The highest BCUT2D eigenvalue weighted by Crippen LogP contribution is 2.40. The Morgan fingerprint density at radius 3 is 2.76 bits per heavy atom. The number of nitrogens with one attached hydrogen (secondary N) is 1. The summed E-state index contributed by atoms with van der Waals surface area (Å²) in [6.07, 6.45) is 8.52. The number of fused-ring (bicyclic) bond motifs is 1. The van der Waals surface area contributed by atoms with Gasteiger partial charge in [0.15, 0.2) is 24.1 Å². The highest BCUT2D eigenvalue weighted by atomic mass is 32.2. The normalized spacial score (nSPS) is 22.8. The van der Waals surface area contributed by atoms with Crippen molar-refractivity contribution in [3.05, 3.63) is 59.3 Å². The van der Waals surface area contributed by atoms with Crippen LogP contribution in [-0.2, 0) is 32.4 Å². The van der Waals surface area contributed by atoms with Crippen LogP contribution in [0.2, 0.25) is 0 Å². The number of nitrogen functional groups attached to an aromatic ring is 1. The zero-order chi connectivity index (χ0) is 26.8. The van der Waals surface area contributed by atoms with Crippen LogP contribution in [0.25, 0.3) is 0 Å². The zero-order valence-electron chi connectivity index (χ0n) is 19.9. The Kier molecular flexibility index (Phi) is 7.40. The molecule has 3 aliphatic rings. The van der Waals surface area contributed by atoms with Crippen LogP contribution in [0.3, 0.4) is 0 Å². The zero-order valence-corrected chi connectivity index (χ0v) is 21.5. The molecule has 13 nitrogen and oxygen atoms in total. The molecule has 38 heavy (non-hydrogen) atoms. The molecule has 1 aliphatic carbocycles. The number of hydrogen-bond donors (Lipinski definition) is 4. The number of amides is 2. The average Bonchev–Trinajstić information content (AvgIpc) is 3.59. The van der Waals surface area contributed by atoms with E-state index in [0.29, 0.717) is 11.3 Å². The van der Waals surface area contributed by atoms with Gasteiger partial charge in [0.05, 0.1) is 6.61 Å². The first-order valence-electron chi connectivity index (χ1n) is 11.7. The van der Waals surface area contributed by atoms with Crippen LogP contribution in [0.4, 0.5) is 5.13 Å². The van der Waals surface area contributed by atoms with Crippen molar-refractivity contribution in [3.8, 4) is 0 Å². The van der Waals surface area contributed by atoms with Gasteiger partial charge in [0.2, 0.25) is 11.5 Å². The number of aliphatic hydroxyl groups is 1. The lowest BCUT2D eigenvalue weighted by atomic mass is 10.0. The predicted molar refractivity (Wildman–Crippen MR) is 136 cm³/mol. The summed E-state index contributed by atoms with van der Waals surface area (Å²) < 4.78 is 5.82. The Morgan fingerprint density at radius 2 is 2.13 bits per heavy atom. The number of β-lactam (4-membered cyclic amide) rings is 1. The quantitative estimate of drug-likeness (QED) is 0.105. The standard InChI is InChI=1S/C23H23N7O6S2/c24-23-26-18(28-38-23)15(27-36-14-3-1-2-4-14)19(32)25-16-20(33)30-17(22(34)35)13(11-37-21(16)30)9-29-7-5-12(10-31)6-8-29/h1,3,5-8,14,16,21,31H,2,4,9-11H2,(H3-,24,25,26,28,32,34,35)/p+1/b27-15-/t14?,16?,21-/m1/s1. The summed E-state index contributed by atoms with van der Waals surface area (Å²) in [6.45, 7) is 0.160. The summed E-state index contributed by atoms with van der Waals surface area (Å²) >= 11 is 2.25. The van der Waals surface area contributed by atoms with E-state index in [0.717, 1.165) is 29.9 Å². The molecular formula is C23H24N7O6S2+. The number of aliphatic carboxylic acids is 1. The molecule has 15 heteroatoms. The molecule has 2 amide bonds. The van der Waals surface area contributed by atoms with Crippen molar-refractivity contribution in [1.82, 2.24) is 19.6 Å². The molecule has 2 unspecified atom stereocenters. The van der Waals surface area contributed by atoms with Crippen LogP contribution in [0.5, 0.6) is 0 Å². The maximum Gasteiger partial charge on any atom is 0.352 e. The highest BCUT2D eigenvalue weighted by molar-refractivity contribution is 8.00. The lowest BCUT2D eigenvalue weighted by Gasteiger charge is -2.49. The van der Waals surface area contributed by atoms with Gasteiger partial charge in [0.1, 0.15) is 23.2 Å². The van der Waals surface area contributed by atoms with Crippen molar-refractivity contribution >= 4 is 51.9 Å². The molecule has 2 aromatic heterocycles. The SMILES string of the molecule is Nc1nc(/C(=N/OC2C=CCC2)C(=O)NC2C(=O)N3C(C(=O)O)=C(C[n+]4ccc(CO)cc4)CS[C@H]23)ns1. The van der Waals surface area contributed by atoms with Gasteiger partial charge in [-0.15, -0.1) is 11.8 Å². The largest absolute Gasteiger partial charge is 0.477 e. The molecule has 198 valence electrons. The topological polar surface area (TPSA) is 184 Å². The number of carbonyl (C=O) groups excluding carboxylic acids is 2. The number of rotatable bonds is 9. The van der Waals surface area contributed by atoms with Crippen molar-refractivity contribution in [3.63, 3.8) is 0 Å². The summed E-state index contributed by atoms with van der Waals surface area (Å²) in [7, 11) is 0. The smallest absolute Gasteiger partial charge is 0.352 e. The Bertz CT molecular complexity index is 1360. The maximum absolute atomic E-state index is 13.2. The van der Waals surface area contributed by atoms with Gasteiger partial charge in [-0.3, -0.25) is 14.5 Å². The van der Waals surface area contributed by atoms with Gasteiger partial charge in [-0.05, 0) is 24.5 Å². The molecule has 1 saturated heterocycles. The molecule has 4 heterocycles. The number of hydrogen-bond acceptors (Lipinski definition) is 11. The number of aromatic nitrogens is 3. The lowest BCUT2D eigenvalue weighted by Crippen LogP contribution is -2.71. The summed E-state index contributed by atoms with van der Waals surface area (Å²) in [6, 6.07) is 2.50. The first kappa shape index (κ1) is 25.8. The van der Waals surface area contributed by atoms with Gasteiger partial charge < -0.3 is 26.1 Å². The number of nitrogens with zero attached hydrogens (tertiary/aromatic N) is 5. The van der Waals surface area contributed by atoms with Gasteiger partial charge in [0.25, 0.3) is 11.8 Å². The van der Waals surface area contributed by atoms with E-state index in [-0.39, 0.29) is 41.6 Å². The van der Waals surface area contributed by atoms with Crippen LogP contribution in [0.1, 0.15) is 24.2 Å². The molecule has 5 N–H and O–H groups in total. The molecule has 0 spiro atoms. The molecular weight excluding hydrogens is 534 g/mol. The molecule has 0 saturated carbocycles. The van der Waals surface area contributed by atoms with E-state index >= 15 is 0 Å². The van der Waals surface area contributed by atoms with E-state index in [2.05, 4.69) is 19.8 Å². The molecule has 5 rings (SSSR count). The molecule has 1 fully saturated rings. The van der Waals surface area contributed by atoms with Crippen LogP contribution in [0.15, 0.2) is 53.1 Å². The number of aliphatic hydroxyl groups excluding tert-OH is 1. The van der Waals surface area contributed by atoms with Crippen molar-refractivity contribution in [2.75, 3.05) is 11.5 Å². The number of carbonyl (C=O) groups is 3. The Hall–Kier alpha value is -3.82. The predicted octanol–water partition coefficient (Wildman–Crippen LogP) is -0.222. The number of thioether (sulfide) groups is 1. The van der Waals surface area contributed by atoms with Crippen LogP contribution in [0, 0.1) is 0 Å². The first-order chi connectivity index (χ1) is 18.4. The average molecular weight is 559 g/mol. The fourth-order valence-corrected chi connectivity index (χ4v) is 6.03. The minimum Gasteiger partial charge on any atom is -0.477 e.